The Morgan fingerprint density at radius 3 is 2.73 bits per heavy atom. The minimum Gasteiger partial charge on any atom is -0.507 e. The predicted molar refractivity (Wildman–Crippen MR) is 55.5 cm³/mol. The summed E-state index contributed by atoms with van der Waals surface area (Å²) in [6.07, 6.45) is 2.03. The number of benzene rings is 1. The number of phenols is 1. The summed E-state index contributed by atoms with van der Waals surface area (Å²) in [6, 6.07) is 2.57. The molecule has 0 amide bonds. The van der Waals surface area contributed by atoms with E-state index in [0.717, 1.165) is 0 Å². The standard InChI is InChI=1S/C11H12O4/c1-3-4-8-9(12)5-7(11(13)14)6-10(8)15-2/h3,5-6,12H,1,4H2,2H3,(H,13,14). The summed E-state index contributed by atoms with van der Waals surface area (Å²) in [7, 11) is 1.42. The Labute approximate surface area is 87.4 Å². The smallest absolute Gasteiger partial charge is 0.335 e. The molecular weight excluding hydrogens is 196 g/mol. The molecule has 0 saturated carbocycles. The molecule has 0 aliphatic rings. The average molecular weight is 208 g/mol. The number of aromatic carboxylic acids is 1. The molecule has 15 heavy (non-hydrogen) atoms. The van der Waals surface area contributed by atoms with Gasteiger partial charge in [0.2, 0.25) is 0 Å². The Hall–Kier alpha value is -1.97. The summed E-state index contributed by atoms with van der Waals surface area (Å²) in [5.74, 6) is -0.840. The fraction of sp³-hybridized carbons (Fsp3) is 0.182. The van der Waals surface area contributed by atoms with Crippen LogP contribution in [0.4, 0.5) is 0 Å². The molecule has 0 unspecified atom stereocenters. The highest BCUT2D eigenvalue weighted by Crippen LogP contribution is 2.30. The number of rotatable bonds is 4. The van der Waals surface area contributed by atoms with E-state index in [1.165, 1.54) is 19.2 Å². The average Bonchev–Trinajstić information content (AvgIpc) is 2.20. The molecule has 0 fully saturated rings. The quantitative estimate of drug-likeness (QED) is 0.741. The van der Waals surface area contributed by atoms with E-state index in [9.17, 15) is 9.90 Å². The highest BCUT2D eigenvalue weighted by Gasteiger charge is 2.13. The van der Waals surface area contributed by atoms with Crippen molar-refractivity contribution in [1.82, 2.24) is 0 Å². The van der Waals surface area contributed by atoms with E-state index in [4.69, 9.17) is 9.84 Å². The lowest BCUT2D eigenvalue weighted by molar-refractivity contribution is 0.0696. The van der Waals surface area contributed by atoms with E-state index < -0.39 is 5.97 Å². The molecule has 0 saturated heterocycles. The molecule has 0 radical (unpaired) electrons. The highest BCUT2D eigenvalue weighted by molar-refractivity contribution is 5.89. The maximum absolute atomic E-state index is 10.7. The van der Waals surface area contributed by atoms with Crippen molar-refractivity contribution in [1.29, 1.82) is 0 Å². The van der Waals surface area contributed by atoms with Gasteiger partial charge in [0.15, 0.2) is 0 Å². The summed E-state index contributed by atoms with van der Waals surface area (Å²) >= 11 is 0. The molecule has 0 atom stereocenters. The van der Waals surface area contributed by atoms with Crippen LogP contribution >= 0.6 is 0 Å². The number of phenolic OH excluding ortho intramolecular Hbond substituents is 1. The third-order valence-electron chi connectivity index (χ3n) is 2.00. The van der Waals surface area contributed by atoms with Gasteiger partial charge in [-0.2, -0.15) is 0 Å². The summed E-state index contributed by atoms with van der Waals surface area (Å²) in [6.45, 7) is 3.55. The molecular formula is C11H12O4. The molecule has 0 bridgehead atoms. The summed E-state index contributed by atoms with van der Waals surface area (Å²) in [4.78, 5) is 10.7. The number of aromatic hydroxyl groups is 1. The normalized spacial score (nSPS) is 9.67. The summed E-state index contributed by atoms with van der Waals surface area (Å²) in [5, 5.41) is 18.4. The molecule has 80 valence electrons. The van der Waals surface area contributed by atoms with Crippen molar-refractivity contribution in [2.24, 2.45) is 0 Å². The first-order valence-corrected chi connectivity index (χ1v) is 4.34. The van der Waals surface area contributed by atoms with Crippen LogP contribution in [0.5, 0.6) is 11.5 Å². The van der Waals surface area contributed by atoms with Crippen LogP contribution in [-0.2, 0) is 6.42 Å². The van der Waals surface area contributed by atoms with Gasteiger partial charge < -0.3 is 14.9 Å². The van der Waals surface area contributed by atoms with E-state index in [0.29, 0.717) is 17.7 Å². The number of carbonyl (C=O) groups is 1. The number of carboxylic acids is 1. The molecule has 1 aromatic carbocycles. The van der Waals surface area contributed by atoms with E-state index in [1.807, 2.05) is 0 Å². The van der Waals surface area contributed by atoms with Crippen LogP contribution in [0.1, 0.15) is 15.9 Å². The van der Waals surface area contributed by atoms with E-state index in [1.54, 1.807) is 6.08 Å². The Kier molecular flexibility index (Phi) is 3.33. The number of carboxylic acid groups (broad SMARTS) is 1. The van der Waals surface area contributed by atoms with Gasteiger partial charge >= 0.3 is 5.97 Å². The molecule has 2 N–H and O–H groups in total. The fourth-order valence-corrected chi connectivity index (χ4v) is 1.29. The molecule has 0 heterocycles. The van der Waals surface area contributed by atoms with Crippen molar-refractivity contribution in [3.63, 3.8) is 0 Å². The second-order valence-corrected chi connectivity index (χ2v) is 2.97. The second-order valence-electron chi connectivity index (χ2n) is 2.97. The van der Waals surface area contributed by atoms with Crippen molar-refractivity contribution >= 4 is 5.97 Å². The van der Waals surface area contributed by atoms with Crippen LogP contribution < -0.4 is 4.74 Å². The third-order valence-corrected chi connectivity index (χ3v) is 2.00. The van der Waals surface area contributed by atoms with Crippen LogP contribution in [0.15, 0.2) is 24.8 Å². The lowest BCUT2D eigenvalue weighted by atomic mass is 10.1. The number of methoxy groups -OCH3 is 1. The van der Waals surface area contributed by atoms with Gasteiger partial charge in [-0.1, -0.05) is 6.08 Å². The lowest BCUT2D eigenvalue weighted by Crippen LogP contribution is -1.99. The van der Waals surface area contributed by atoms with Crippen molar-refractivity contribution < 1.29 is 19.7 Å². The Bertz CT molecular complexity index is 396. The Balaban J connectivity index is 3.29. The van der Waals surface area contributed by atoms with Gasteiger partial charge in [0, 0.05) is 5.56 Å². The maximum Gasteiger partial charge on any atom is 0.335 e. The molecule has 1 aromatic rings. The lowest BCUT2D eigenvalue weighted by Gasteiger charge is -2.09. The van der Waals surface area contributed by atoms with Crippen LogP contribution in [0.3, 0.4) is 0 Å². The molecule has 0 spiro atoms. The number of hydrogen-bond donors (Lipinski definition) is 2. The van der Waals surface area contributed by atoms with Gasteiger partial charge in [-0.3, -0.25) is 0 Å². The van der Waals surface area contributed by atoms with Gasteiger partial charge in [-0.05, 0) is 18.6 Å². The van der Waals surface area contributed by atoms with Crippen LogP contribution in [0.25, 0.3) is 0 Å². The van der Waals surface area contributed by atoms with Crippen LogP contribution in [-0.4, -0.2) is 23.3 Å². The minimum absolute atomic E-state index is 0.00263. The van der Waals surface area contributed by atoms with Gasteiger partial charge in [-0.25, -0.2) is 4.79 Å². The topological polar surface area (TPSA) is 66.8 Å². The zero-order valence-electron chi connectivity index (χ0n) is 8.36. The monoisotopic (exact) mass is 208 g/mol. The van der Waals surface area contributed by atoms with Gasteiger partial charge in [0.1, 0.15) is 11.5 Å². The van der Waals surface area contributed by atoms with Crippen molar-refractivity contribution in [2.75, 3.05) is 7.11 Å². The SMILES string of the molecule is C=CCc1c(O)cc(C(=O)O)cc1OC. The van der Waals surface area contributed by atoms with Gasteiger partial charge in [0.25, 0.3) is 0 Å². The Morgan fingerprint density at radius 2 is 2.27 bits per heavy atom. The predicted octanol–water partition coefficient (Wildman–Crippen LogP) is 1.83. The zero-order chi connectivity index (χ0) is 11.4. The fourth-order valence-electron chi connectivity index (χ4n) is 1.29. The van der Waals surface area contributed by atoms with Crippen LogP contribution in [0, 0.1) is 0 Å². The molecule has 1 rings (SSSR count). The Morgan fingerprint density at radius 1 is 1.60 bits per heavy atom. The van der Waals surface area contributed by atoms with Crippen molar-refractivity contribution in [3.05, 3.63) is 35.9 Å². The number of allylic oxidation sites excluding steroid dienone is 1. The minimum atomic E-state index is -1.10. The van der Waals surface area contributed by atoms with Crippen LogP contribution in [0.2, 0.25) is 0 Å². The summed E-state index contributed by atoms with van der Waals surface area (Å²) in [5.41, 5.74) is 0.537. The molecule has 4 heteroatoms. The van der Waals surface area contributed by atoms with E-state index >= 15 is 0 Å². The largest absolute Gasteiger partial charge is 0.507 e. The van der Waals surface area contributed by atoms with Gasteiger partial charge in [0.05, 0.1) is 12.7 Å². The number of hydrogen-bond acceptors (Lipinski definition) is 3. The summed E-state index contributed by atoms with van der Waals surface area (Å²) < 4.78 is 5.00. The van der Waals surface area contributed by atoms with Crippen molar-refractivity contribution in [2.45, 2.75) is 6.42 Å². The molecule has 0 aromatic heterocycles. The number of ether oxygens (including phenoxy) is 1. The molecule has 0 aliphatic heterocycles. The van der Waals surface area contributed by atoms with Crippen molar-refractivity contribution in [3.8, 4) is 11.5 Å². The first-order valence-electron chi connectivity index (χ1n) is 4.34. The second kappa shape index (κ2) is 4.50. The first-order chi connectivity index (χ1) is 7.10. The first kappa shape index (κ1) is 11.1. The molecule has 4 nitrogen and oxygen atoms in total. The van der Waals surface area contributed by atoms with E-state index in [2.05, 4.69) is 6.58 Å². The highest BCUT2D eigenvalue weighted by atomic mass is 16.5. The zero-order valence-corrected chi connectivity index (χ0v) is 8.36. The van der Waals surface area contributed by atoms with E-state index in [-0.39, 0.29) is 11.3 Å². The maximum atomic E-state index is 10.7. The van der Waals surface area contributed by atoms with Gasteiger partial charge in [-0.15, -0.1) is 6.58 Å². The molecule has 0 aliphatic carbocycles. The third kappa shape index (κ3) is 2.28.